The number of nitrogens with one attached hydrogen (secondary N) is 1. The number of para-hydroxylation sites is 1. The predicted octanol–water partition coefficient (Wildman–Crippen LogP) is 5.17. The summed E-state index contributed by atoms with van der Waals surface area (Å²) in [5.74, 6) is -1.08. The first-order valence-electron chi connectivity index (χ1n) is 8.96. The van der Waals surface area contributed by atoms with Gasteiger partial charge in [-0.3, -0.25) is 9.59 Å². The van der Waals surface area contributed by atoms with E-state index in [0.717, 1.165) is 22.6 Å². The number of halogens is 3. The molecule has 0 radical (unpaired) electrons. The Bertz CT molecular complexity index is 1100. The van der Waals surface area contributed by atoms with Crippen molar-refractivity contribution in [2.75, 3.05) is 11.9 Å². The highest BCUT2D eigenvalue weighted by Crippen LogP contribution is 2.32. The van der Waals surface area contributed by atoms with E-state index < -0.39 is 18.5 Å². The molecule has 0 aliphatic rings. The Labute approximate surface area is 188 Å². The van der Waals surface area contributed by atoms with Gasteiger partial charge in [-0.05, 0) is 38.1 Å². The molecule has 0 spiro atoms. The second-order valence-corrected chi connectivity index (χ2v) is 7.75. The lowest BCUT2D eigenvalue weighted by Crippen LogP contribution is -2.22. The van der Waals surface area contributed by atoms with Gasteiger partial charge < -0.3 is 10.1 Å². The number of ether oxygens (including phenoxy) is 1. The fourth-order valence-corrected chi connectivity index (χ4v) is 3.49. The highest BCUT2D eigenvalue weighted by Gasteiger charge is 2.18. The van der Waals surface area contributed by atoms with Gasteiger partial charge in [0.2, 0.25) is 0 Å². The Hall–Kier alpha value is -2.54. The van der Waals surface area contributed by atoms with Crippen molar-refractivity contribution in [1.82, 2.24) is 9.78 Å². The summed E-state index contributed by atoms with van der Waals surface area (Å²) in [5.41, 5.74) is 3.50. The third kappa shape index (κ3) is 5.14. The van der Waals surface area contributed by atoms with E-state index in [1.807, 2.05) is 44.2 Å². The molecule has 0 unspecified atom stereocenters. The number of carbonyl (C=O) groups is 2. The zero-order chi connectivity index (χ0) is 21.8. The normalized spacial score (nSPS) is 10.7. The van der Waals surface area contributed by atoms with Gasteiger partial charge >= 0.3 is 5.97 Å². The molecule has 3 rings (SSSR count). The van der Waals surface area contributed by atoms with Gasteiger partial charge in [0.25, 0.3) is 5.91 Å². The number of anilines is 1. The molecule has 156 valence electrons. The maximum absolute atomic E-state index is 12.3. The molecule has 3 aromatic rings. The lowest BCUT2D eigenvalue weighted by Gasteiger charge is -2.09. The van der Waals surface area contributed by atoms with Gasteiger partial charge in [-0.2, -0.15) is 5.10 Å². The first kappa shape index (κ1) is 22.2. The van der Waals surface area contributed by atoms with Crippen molar-refractivity contribution < 1.29 is 14.3 Å². The molecule has 1 aromatic heterocycles. The number of aryl methyl sites for hydroxylation is 1. The van der Waals surface area contributed by atoms with Crippen molar-refractivity contribution in [2.45, 2.75) is 20.3 Å². The summed E-state index contributed by atoms with van der Waals surface area (Å²) in [5, 5.41) is 7.78. The molecule has 0 saturated heterocycles. The number of amides is 1. The zero-order valence-electron chi connectivity index (χ0n) is 16.2. The summed E-state index contributed by atoms with van der Waals surface area (Å²) in [6, 6.07) is 12.5. The van der Waals surface area contributed by atoms with Crippen LogP contribution in [0.4, 0.5) is 5.69 Å². The molecule has 1 amide bonds. The fourth-order valence-electron chi connectivity index (χ4n) is 2.90. The van der Waals surface area contributed by atoms with Gasteiger partial charge in [0.15, 0.2) is 6.61 Å². The topological polar surface area (TPSA) is 73.2 Å². The van der Waals surface area contributed by atoms with E-state index in [1.54, 1.807) is 4.68 Å². The molecular formula is C21H18Cl3N3O3. The molecule has 0 atom stereocenters. The van der Waals surface area contributed by atoms with Crippen molar-refractivity contribution in [3.05, 3.63) is 74.5 Å². The molecule has 30 heavy (non-hydrogen) atoms. The quantitative estimate of drug-likeness (QED) is 0.401. The molecule has 0 saturated carbocycles. The predicted molar refractivity (Wildman–Crippen MR) is 118 cm³/mol. The maximum Gasteiger partial charge on any atom is 0.310 e. The molecule has 1 heterocycles. The fraction of sp³-hybridized carbons (Fsp3) is 0.190. The Morgan fingerprint density at radius 1 is 1.03 bits per heavy atom. The van der Waals surface area contributed by atoms with Crippen molar-refractivity contribution in [3.8, 4) is 5.69 Å². The lowest BCUT2D eigenvalue weighted by atomic mass is 10.1. The van der Waals surface area contributed by atoms with Crippen LogP contribution in [0.1, 0.15) is 17.0 Å². The van der Waals surface area contributed by atoms with Crippen molar-refractivity contribution >= 4 is 52.4 Å². The third-order valence-electron chi connectivity index (χ3n) is 4.41. The molecule has 0 bridgehead atoms. The summed E-state index contributed by atoms with van der Waals surface area (Å²) in [4.78, 5) is 24.4. The lowest BCUT2D eigenvalue weighted by molar-refractivity contribution is -0.146. The van der Waals surface area contributed by atoms with Gasteiger partial charge in [0, 0.05) is 11.3 Å². The Balaban J connectivity index is 1.61. The summed E-state index contributed by atoms with van der Waals surface area (Å²) < 4.78 is 6.88. The van der Waals surface area contributed by atoms with Crippen LogP contribution in [0, 0.1) is 13.8 Å². The van der Waals surface area contributed by atoms with E-state index in [4.69, 9.17) is 39.5 Å². The Morgan fingerprint density at radius 3 is 2.40 bits per heavy atom. The summed E-state index contributed by atoms with van der Waals surface area (Å²) >= 11 is 17.8. The first-order chi connectivity index (χ1) is 14.3. The highest BCUT2D eigenvalue weighted by molar-refractivity contribution is 6.44. The van der Waals surface area contributed by atoms with E-state index >= 15 is 0 Å². The van der Waals surface area contributed by atoms with Crippen molar-refractivity contribution in [3.63, 3.8) is 0 Å². The SMILES string of the molecule is Cc1nn(-c2ccccc2)c(C)c1CC(=O)OCC(=O)Nc1cc(Cl)c(Cl)cc1Cl. The molecule has 6 nitrogen and oxygen atoms in total. The second kappa shape index (κ2) is 9.51. The van der Waals surface area contributed by atoms with Crippen LogP contribution < -0.4 is 5.32 Å². The average molecular weight is 467 g/mol. The number of hydrogen-bond acceptors (Lipinski definition) is 4. The standard InChI is InChI=1S/C21H18Cl3N3O3/c1-12-15(13(2)27(26-12)14-6-4-3-5-7-14)8-21(29)30-11-20(28)25-19-10-17(23)16(22)9-18(19)24/h3-7,9-10H,8,11H2,1-2H3,(H,25,28). The minimum atomic E-state index is -0.544. The van der Waals surface area contributed by atoms with Gasteiger partial charge in [0.05, 0.1) is 38.6 Å². The number of benzene rings is 2. The molecule has 9 heteroatoms. The van der Waals surface area contributed by atoms with Crippen LogP contribution in [0.2, 0.25) is 15.1 Å². The maximum atomic E-state index is 12.3. The van der Waals surface area contributed by atoms with Crippen LogP contribution in [0.3, 0.4) is 0 Å². The van der Waals surface area contributed by atoms with Crippen LogP contribution in [-0.4, -0.2) is 28.3 Å². The molecular weight excluding hydrogens is 449 g/mol. The number of aromatic nitrogens is 2. The monoisotopic (exact) mass is 465 g/mol. The number of hydrogen-bond donors (Lipinski definition) is 1. The number of rotatable bonds is 6. The van der Waals surface area contributed by atoms with E-state index in [9.17, 15) is 9.59 Å². The molecule has 1 N–H and O–H groups in total. The van der Waals surface area contributed by atoms with E-state index in [1.165, 1.54) is 12.1 Å². The van der Waals surface area contributed by atoms with Crippen LogP contribution in [-0.2, 0) is 20.7 Å². The number of nitrogens with zero attached hydrogens (tertiary/aromatic N) is 2. The Morgan fingerprint density at radius 2 is 1.70 bits per heavy atom. The van der Waals surface area contributed by atoms with Crippen LogP contribution in [0.15, 0.2) is 42.5 Å². The minimum absolute atomic E-state index is 0.00527. The van der Waals surface area contributed by atoms with E-state index in [-0.39, 0.29) is 27.2 Å². The van der Waals surface area contributed by atoms with Gasteiger partial charge in [0.1, 0.15) is 0 Å². The summed E-state index contributed by atoms with van der Waals surface area (Å²) in [6.07, 6.45) is 0.00527. The number of carbonyl (C=O) groups excluding carboxylic acids is 2. The molecule has 0 aliphatic carbocycles. The molecule has 2 aromatic carbocycles. The zero-order valence-corrected chi connectivity index (χ0v) is 18.5. The minimum Gasteiger partial charge on any atom is -0.455 e. The highest BCUT2D eigenvalue weighted by atomic mass is 35.5. The van der Waals surface area contributed by atoms with E-state index in [0.29, 0.717) is 0 Å². The van der Waals surface area contributed by atoms with Crippen LogP contribution in [0.25, 0.3) is 5.69 Å². The second-order valence-electron chi connectivity index (χ2n) is 6.53. The average Bonchev–Trinajstić information content (AvgIpc) is 2.99. The number of esters is 1. The summed E-state index contributed by atoms with van der Waals surface area (Å²) in [6.45, 7) is 3.25. The van der Waals surface area contributed by atoms with Crippen LogP contribution >= 0.6 is 34.8 Å². The summed E-state index contributed by atoms with van der Waals surface area (Å²) in [7, 11) is 0. The van der Waals surface area contributed by atoms with Crippen LogP contribution in [0.5, 0.6) is 0 Å². The van der Waals surface area contributed by atoms with Crippen molar-refractivity contribution in [1.29, 1.82) is 0 Å². The van der Waals surface area contributed by atoms with E-state index in [2.05, 4.69) is 10.4 Å². The smallest absolute Gasteiger partial charge is 0.310 e. The van der Waals surface area contributed by atoms with Gasteiger partial charge in [-0.15, -0.1) is 0 Å². The molecule has 0 fully saturated rings. The largest absolute Gasteiger partial charge is 0.455 e. The molecule has 0 aliphatic heterocycles. The third-order valence-corrected chi connectivity index (χ3v) is 5.45. The first-order valence-corrected chi connectivity index (χ1v) is 10.1. The van der Waals surface area contributed by atoms with Gasteiger partial charge in [-0.25, -0.2) is 4.68 Å². The Kier molecular flexibility index (Phi) is 7.02. The van der Waals surface area contributed by atoms with Gasteiger partial charge in [-0.1, -0.05) is 53.0 Å². The van der Waals surface area contributed by atoms with Crippen molar-refractivity contribution in [2.24, 2.45) is 0 Å².